The van der Waals surface area contributed by atoms with Crippen LogP contribution in [0.2, 0.25) is 0 Å². The Hall–Kier alpha value is -3.06. The van der Waals surface area contributed by atoms with Crippen molar-refractivity contribution in [3.05, 3.63) is 70.0 Å². The highest BCUT2D eigenvalue weighted by Gasteiger charge is 2.43. The summed E-state index contributed by atoms with van der Waals surface area (Å²) in [4.78, 5) is 31.0. The molecule has 6 nitrogen and oxygen atoms in total. The number of benzene rings is 2. The Balaban J connectivity index is 1.84. The Morgan fingerprint density at radius 3 is 2.61 bits per heavy atom. The van der Waals surface area contributed by atoms with Crippen molar-refractivity contribution in [1.29, 1.82) is 0 Å². The van der Waals surface area contributed by atoms with E-state index in [4.69, 9.17) is 15.5 Å². The van der Waals surface area contributed by atoms with Crippen molar-refractivity contribution in [2.45, 2.75) is 49.1 Å². The van der Waals surface area contributed by atoms with Crippen molar-refractivity contribution in [2.75, 3.05) is 12.9 Å². The Kier molecular flexibility index (Phi) is 5.74. The third kappa shape index (κ3) is 3.74. The number of hydrogen-bond acceptors (Lipinski definition) is 5. The Labute approximate surface area is 197 Å². The van der Waals surface area contributed by atoms with Gasteiger partial charge in [-0.1, -0.05) is 67.4 Å². The maximum Gasteiger partial charge on any atom is 0.263 e. The van der Waals surface area contributed by atoms with Gasteiger partial charge in [-0.05, 0) is 37.0 Å². The van der Waals surface area contributed by atoms with Gasteiger partial charge in [-0.15, -0.1) is 0 Å². The van der Waals surface area contributed by atoms with Gasteiger partial charge in [-0.3, -0.25) is 14.2 Å². The monoisotopic (exact) mass is 461 g/mol. The van der Waals surface area contributed by atoms with E-state index in [1.165, 1.54) is 23.7 Å². The van der Waals surface area contributed by atoms with E-state index in [9.17, 15) is 9.59 Å². The van der Waals surface area contributed by atoms with Crippen molar-refractivity contribution in [2.24, 2.45) is 5.73 Å². The first-order valence-corrected chi connectivity index (χ1v) is 12.3. The highest BCUT2D eigenvalue weighted by Crippen LogP contribution is 2.49. The SMILES string of the molecule is COc1ccccc1-n1c(SCC(N)=O)nc2c(c1=O)C1(CCCCC1)Cc1ccccc1-2. The van der Waals surface area contributed by atoms with Crippen LogP contribution in [-0.4, -0.2) is 28.3 Å². The number of para-hydroxylation sites is 2. The van der Waals surface area contributed by atoms with E-state index in [1.54, 1.807) is 11.7 Å². The van der Waals surface area contributed by atoms with Gasteiger partial charge < -0.3 is 10.5 Å². The molecule has 0 atom stereocenters. The van der Waals surface area contributed by atoms with E-state index < -0.39 is 5.91 Å². The van der Waals surface area contributed by atoms with Gasteiger partial charge in [0, 0.05) is 11.0 Å². The first-order chi connectivity index (χ1) is 16.0. The standard InChI is InChI=1S/C26H27N3O3S/c1-32-20-12-6-5-11-19(20)29-24(31)22-23(28-25(29)33-16-21(27)30)18-10-4-3-9-17(18)15-26(22)13-7-2-8-14-26/h3-6,9-12H,2,7-8,13-16H2,1H3,(H2,27,30). The molecule has 0 aliphatic heterocycles. The van der Waals surface area contributed by atoms with Crippen LogP contribution in [0.15, 0.2) is 58.5 Å². The number of thioether (sulfide) groups is 1. The van der Waals surface area contributed by atoms with Gasteiger partial charge in [-0.2, -0.15) is 0 Å². The topological polar surface area (TPSA) is 87.2 Å². The first-order valence-electron chi connectivity index (χ1n) is 11.3. The third-order valence-corrected chi connectivity index (χ3v) is 7.83. The summed E-state index contributed by atoms with van der Waals surface area (Å²) in [6.07, 6.45) is 6.21. The van der Waals surface area contributed by atoms with Crippen molar-refractivity contribution < 1.29 is 9.53 Å². The minimum Gasteiger partial charge on any atom is -0.495 e. The molecule has 5 rings (SSSR count). The van der Waals surface area contributed by atoms with E-state index >= 15 is 0 Å². The zero-order valence-corrected chi connectivity index (χ0v) is 19.5. The molecule has 0 bridgehead atoms. The number of hydrogen-bond donors (Lipinski definition) is 1. The number of aromatic nitrogens is 2. The van der Waals surface area contributed by atoms with Crippen LogP contribution in [0.4, 0.5) is 0 Å². The van der Waals surface area contributed by atoms with Crippen LogP contribution >= 0.6 is 11.8 Å². The molecule has 0 unspecified atom stereocenters. The Morgan fingerprint density at radius 2 is 1.85 bits per heavy atom. The second kappa shape index (κ2) is 8.71. The molecular weight excluding hydrogens is 434 g/mol. The van der Waals surface area contributed by atoms with E-state index in [0.29, 0.717) is 16.6 Å². The molecule has 1 fully saturated rings. The average molecular weight is 462 g/mol. The number of carbonyl (C=O) groups excluding carboxylic acids is 1. The van der Waals surface area contributed by atoms with E-state index in [-0.39, 0.29) is 16.7 Å². The highest BCUT2D eigenvalue weighted by atomic mass is 32.2. The van der Waals surface area contributed by atoms with Gasteiger partial charge in [0.15, 0.2) is 5.16 Å². The van der Waals surface area contributed by atoms with Crippen LogP contribution in [0.1, 0.15) is 43.2 Å². The minimum absolute atomic E-state index is 0.0349. The summed E-state index contributed by atoms with van der Waals surface area (Å²) < 4.78 is 7.20. The lowest BCUT2D eigenvalue weighted by Gasteiger charge is -2.42. The van der Waals surface area contributed by atoms with E-state index in [1.807, 2.05) is 36.4 Å². The van der Waals surface area contributed by atoms with E-state index in [2.05, 4.69) is 12.1 Å². The van der Waals surface area contributed by atoms with Gasteiger partial charge >= 0.3 is 0 Å². The molecule has 2 aromatic carbocycles. The number of amides is 1. The number of primary amides is 1. The lowest BCUT2D eigenvalue weighted by molar-refractivity contribution is -0.115. The van der Waals surface area contributed by atoms with Crippen LogP contribution < -0.4 is 16.0 Å². The summed E-state index contributed by atoms with van der Waals surface area (Å²) in [6, 6.07) is 15.7. The van der Waals surface area contributed by atoms with Crippen LogP contribution in [-0.2, 0) is 16.6 Å². The molecule has 1 amide bonds. The summed E-state index contributed by atoms with van der Waals surface area (Å²) >= 11 is 1.19. The Bertz CT molecular complexity index is 1280. The maximum absolute atomic E-state index is 14.4. The molecule has 1 heterocycles. The molecule has 2 aliphatic carbocycles. The normalized spacial score (nSPS) is 16.2. The molecule has 33 heavy (non-hydrogen) atoms. The van der Waals surface area contributed by atoms with Gasteiger partial charge in [0.1, 0.15) is 5.75 Å². The largest absolute Gasteiger partial charge is 0.495 e. The lowest BCUT2D eigenvalue weighted by Crippen LogP contribution is -2.43. The second-order valence-corrected chi connectivity index (χ2v) is 9.80. The molecule has 2 aliphatic rings. The minimum atomic E-state index is -0.456. The molecule has 2 N–H and O–H groups in total. The zero-order valence-electron chi connectivity index (χ0n) is 18.7. The van der Waals surface area contributed by atoms with Gasteiger partial charge in [-0.25, -0.2) is 4.98 Å². The number of fused-ring (bicyclic) bond motifs is 4. The van der Waals surface area contributed by atoms with Gasteiger partial charge in [0.2, 0.25) is 5.91 Å². The van der Waals surface area contributed by atoms with Crippen molar-refractivity contribution in [3.8, 4) is 22.7 Å². The van der Waals surface area contributed by atoms with Crippen LogP contribution in [0, 0.1) is 0 Å². The third-order valence-electron chi connectivity index (χ3n) is 6.86. The second-order valence-electron chi connectivity index (χ2n) is 8.86. The van der Waals surface area contributed by atoms with Crippen molar-refractivity contribution in [3.63, 3.8) is 0 Å². The fourth-order valence-corrected chi connectivity index (χ4v) is 6.19. The molecule has 1 aromatic heterocycles. The molecule has 7 heteroatoms. The number of carbonyl (C=O) groups is 1. The maximum atomic E-state index is 14.4. The van der Waals surface area contributed by atoms with Crippen LogP contribution in [0.5, 0.6) is 5.75 Å². The number of nitrogens with two attached hydrogens (primary N) is 1. The summed E-state index contributed by atoms with van der Waals surface area (Å²) in [7, 11) is 1.59. The molecule has 0 radical (unpaired) electrons. The van der Waals surface area contributed by atoms with Gasteiger partial charge in [0.05, 0.1) is 29.8 Å². The predicted octanol–water partition coefficient (Wildman–Crippen LogP) is 4.24. The fraction of sp³-hybridized carbons (Fsp3) is 0.346. The number of rotatable bonds is 5. The summed E-state index contributed by atoms with van der Waals surface area (Å²) in [5, 5.41) is 0.449. The fourth-order valence-electron chi connectivity index (χ4n) is 5.45. The molecule has 1 spiro atoms. The van der Waals surface area contributed by atoms with Crippen LogP contribution in [0.3, 0.4) is 0 Å². The summed E-state index contributed by atoms with van der Waals surface area (Å²) in [5.74, 6) is 0.159. The molecule has 170 valence electrons. The smallest absolute Gasteiger partial charge is 0.263 e. The molecule has 1 saturated carbocycles. The van der Waals surface area contributed by atoms with E-state index in [0.717, 1.165) is 48.9 Å². The van der Waals surface area contributed by atoms with Gasteiger partial charge in [0.25, 0.3) is 5.56 Å². The molecule has 0 saturated heterocycles. The quantitative estimate of drug-likeness (QED) is 0.454. The number of nitrogens with zero attached hydrogens (tertiary/aromatic N) is 2. The Morgan fingerprint density at radius 1 is 1.12 bits per heavy atom. The first kappa shape index (κ1) is 21.8. The predicted molar refractivity (Wildman–Crippen MR) is 130 cm³/mol. The van der Waals surface area contributed by atoms with Crippen LogP contribution in [0.25, 0.3) is 16.9 Å². The summed E-state index contributed by atoms with van der Waals surface area (Å²) in [5.41, 5.74) is 9.57. The summed E-state index contributed by atoms with van der Waals surface area (Å²) in [6.45, 7) is 0. The number of methoxy groups -OCH3 is 1. The van der Waals surface area contributed by atoms with Crippen molar-refractivity contribution in [1.82, 2.24) is 9.55 Å². The number of ether oxygens (including phenoxy) is 1. The van der Waals surface area contributed by atoms with Crippen molar-refractivity contribution >= 4 is 17.7 Å². The molecule has 3 aromatic rings. The average Bonchev–Trinajstić information content (AvgIpc) is 2.83. The molecular formula is C26H27N3O3S. The lowest BCUT2D eigenvalue weighted by atomic mass is 9.62. The highest BCUT2D eigenvalue weighted by molar-refractivity contribution is 7.99. The zero-order chi connectivity index (χ0) is 23.0.